The van der Waals surface area contributed by atoms with E-state index in [9.17, 15) is 9.18 Å². The maximum absolute atomic E-state index is 12.6. The zero-order valence-electron chi connectivity index (χ0n) is 9.40. The van der Waals surface area contributed by atoms with Gasteiger partial charge in [-0.25, -0.2) is 4.39 Å². The van der Waals surface area contributed by atoms with Crippen LogP contribution in [0.25, 0.3) is 0 Å². The quantitative estimate of drug-likeness (QED) is 0.586. The van der Waals surface area contributed by atoms with Gasteiger partial charge in [-0.05, 0) is 31.2 Å². The third-order valence-electron chi connectivity index (χ3n) is 2.00. The number of carbonyl (C=O) groups is 1. The number of thioether (sulfide) groups is 1. The molecule has 0 aliphatic carbocycles. The molecule has 16 heavy (non-hydrogen) atoms. The van der Waals surface area contributed by atoms with Gasteiger partial charge < -0.3 is 4.74 Å². The summed E-state index contributed by atoms with van der Waals surface area (Å²) in [4.78, 5) is 12.3. The largest absolute Gasteiger partial charge is 0.466 e. The molecule has 0 aromatic heterocycles. The fourth-order valence-corrected chi connectivity index (χ4v) is 2.01. The number of hydrogen-bond acceptors (Lipinski definition) is 3. The van der Waals surface area contributed by atoms with Gasteiger partial charge in [0.1, 0.15) is 5.82 Å². The molecule has 0 saturated carbocycles. The molecule has 1 unspecified atom stereocenters. The van der Waals surface area contributed by atoms with Crippen LogP contribution >= 0.6 is 11.8 Å². The van der Waals surface area contributed by atoms with Crippen LogP contribution in [0.3, 0.4) is 0 Å². The first kappa shape index (κ1) is 13.0. The second kappa shape index (κ2) is 6.53. The highest BCUT2D eigenvalue weighted by Gasteiger charge is 2.13. The van der Waals surface area contributed by atoms with E-state index in [1.807, 2.05) is 6.92 Å². The Balaban J connectivity index is 2.39. The zero-order valence-corrected chi connectivity index (χ0v) is 10.2. The molecule has 0 aliphatic heterocycles. The topological polar surface area (TPSA) is 26.3 Å². The van der Waals surface area contributed by atoms with Crippen molar-refractivity contribution in [3.05, 3.63) is 30.1 Å². The molecule has 1 atom stereocenters. The van der Waals surface area contributed by atoms with E-state index in [2.05, 4.69) is 0 Å². The van der Waals surface area contributed by atoms with Crippen LogP contribution in [0.4, 0.5) is 4.39 Å². The van der Waals surface area contributed by atoms with E-state index < -0.39 is 0 Å². The summed E-state index contributed by atoms with van der Waals surface area (Å²) < 4.78 is 17.5. The van der Waals surface area contributed by atoms with Gasteiger partial charge in [0.05, 0.1) is 12.5 Å². The monoisotopic (exact) mass is 242 g/mol. The highest BCUT2D eigenvalue weighted by Crippen LogP contribution is 2.21. The zero-order chi connectivity index (χ0) is 12.0. The van der Waals surface area contributed by atoms with Crippen molar-refractivity contribution in [1.29, 1.82) is 0 Å². The second-order valence-electron chi connectivity index (χ2n) is 3.42. The molecule has 1 aromatic carbocycles. The lowest BCUT2D eigenvalue weighted by Gasteiger charge is -2.09. The van der Waals surface area contributed by atoms with E-state index in [1.165, 1.54) is 23.9 Å². The average Bonchev–Trinajstić information content (AvgIpc) is 2.28. The Morgan fingerprint density at radius 3 is 2.62 bits per heavy atom. The van der Waals surface area contributed by atoms with Gasteiger partial charge in [-0.15, -0.1) is 11.8 Å². The van der Waals surface area contributed by atoms with Crippen LogP contribution in [0.5, 0.6) is 0 Å². The predicted molar refractivity (Wildman–Crippen MR) is 62.9 cm³/mol. The van der Waals surface area contributed by atoms with Crippen molar-refractivity contribution in [3.63, 3.8) is 0 Å². The summed E-state index contributed by atoms with van der Waals surface area (Å²) in [7, 11) is 0. The minimum absolute atomic E-state index is 0.144. The number of hydrogen-bond donors (Lipinski definition) is 0. The van der Waals surface area contributed by atoms with Gasteiger partial charge in [0.15, 0.2) is 0 Å². The fraction of sp³-hybridized carbons (Fsp3) is 0.417. The number of carbonyl (C=O) groups excluding carboxylic acids is 1. The summed E-state index contributed by atoms with van der Waals surface area (Å²) in [6.07, 6.45) is 0. The molecular formula is C12H15FO2S. The summed E-state index contributed by atoms with van der Waals surface area (Å²) >= 11 is 1.52. The van der Waals surface area contributed by atoms with Crippen LogP contribution in [0.15, 0.2) is 29.2 Å². The molecule has 1 aromatic rings. The number of halogens is 1. The Morgan fingerprint density at radius 1 is 1.44 bits per heavy atom. The van der Waals surface area contributed by atoms with Gasteiger partial charge in [0.2, 0.25) is 0 Å². The van der Waals surface area contributed by atoms with Gasteiger partial charge in [0.25, 0.3) is 0 Å². The highest BCUT2D eigenvalue weighted by molar-refractivity contribution is 7.99. The lowest BCUT2D eigenvalue weighted by atomic mass is 10.2. The average molecular weight is 242 g/mol. The molecule has 0 spiro atoms. The van der Waals surface area contributed by atoms with Crippen molar-refractivity contribution < 1.29 is 13.9 Å². The molecular weight excluding hydrogens is 227 g/mol. The molecule has 0 heterocycles. The summed E-state index contributed by atoms with van der Waals surface area (Å²) in [6.45, 7) is 4.02. The van der Waals surface area contributed by atoms with Crippen LogP contribution in [-0.4, -0.2) is 18.3 Å². The van der Waals surface area contributed by atoms with E-state index in [0.29, 0.717) is 12.4 Å². The Bertz CT molecular complexity index is 337. The van der Waals surface area contributed by atoms with Gasteiger partial charge >= 0.3 is 5.97 Å². The molecule has 0 fully saturated rings. The maximum atomic E-state index is 12.6. The molecule has 2 nitrogen and oxygen atoms in total. The molecule has 0 bridgehead atoms. The molecule has 0 amide bonds. The van der Waals surface area contributed by atoms with Gasteiger partial charge in [-0.2, -0.15) is 0 Å². The minimum atomic E-state index is -0.247. The second-order valence-corrected chi connectivity index (χ2v) is 4.51. The van der Waals surface area contributed by atoms with Crippen molar-refractivity contribution >= 4 is 17.7 Å². The fourth-order valence-electron chi connectivity index (χ4n) is 1.10. The third-order valence-corrected chi connectivity index (χ3v) is 3.27. The molecule has 0 radical (unpaired) electrons. The van der Waals surface area contributed by atoms with E-state index >= 15 is 0 Å². The number of rotatable bonds is 5. The Morgan fingerprint density at radius 2 is 2.06 bits per heavy atom. The van der Waals surface area contributed by atoms with Crippen LogP contribution < -0.4 is 0 Å². The predicted octanol–water partition coefficient (Wildman–Crippen LogP) is 3.12. The molecule has 1 rings (SSSR count). The van der Waals surface area contributed by atoms with Crippen LogP contribution in [0.2, 0.25) is 0 Å². The number of benzene rings is 1. The number of esters is 1. The maximum Gasteiger partial charge on any atom is 0.309 e. The first-order valence-electron chi connectivity index (χ1n) is 5.18. The third kappa shape index (κ3) is 4.23. The van der Waals surface area contributed by atoms with Crippen LogP contribution in [0, 0.1) is 11.7 Å². The van der Waals surface area contributed by atoms with Gasteiger partial charge in [-0.1, -0.05) is 6.92 Å². The molecule has 0 saturated heterocycles. The van der Waals surface area contributed by atoms with Crippen molar-refractivity contribution in [2.75, 3.05) is 12.4 Å². The van der Waals surface area contributed by atoms with Crippen molar-refractivity contribution in [2.45, 2.75) is 18.7 Å². The molecule has 88 valence electrons. The molecule has 4 heteroatoms. The first-order chi connectivity index (χ1) is 7.63. The van der Waals surface area contributed by atoms with Gasteiger partial charge in [-0.3, -0.25) is 4.79 Å². The number of ether oxygens (including phenoxy) is 1. The smallest absolute Gasteiger partial charge is 0.309 e. The molecule has 0 aliphatic rings. The Labute approximate surface area is 99.2 Å². The Kier molecular flexibility index (Phi) is 5.32. The molecule has 0 N–H and O–H groups in total. The SMILES string of the molecule is CCOC(=O)C(C)CSc1ccc(F)cc1. The Hall–Kier alpha value is -1.03. The standard InChI is InChI=1S/C12H15FO2S/c1-3-15-12(14)9(2)8-16-11-6-4-10(13)5-7-11/h4-7,9H,3,8H2,1-2H3. The lowest BCUT2D eigenvalue weighted by molar-refractivity contribution is -0.146. The van der Waals surface area contributed by atoms with E-state index in [-0.39, 0.29) is 17.7 Å². The highest BCUT2D eigenvalue weighted by atomic mass is 32.2. The van der Waals surface area contributed by atoms with Crippen molar-refractivity contribution in [1.82, 2.24) is 0 Å². The van der Waals surface area contributed by atoms with Gasteiger partial charge in [0, 0.05) is 10.6 Å². The summed E-state index contributed by atoms with van der Waals surface area (Å²) in [6, 6.07) is 6.24. The minimum Gasteiger partial charge on any atom is -0.466 e. The van der Waals surface area contributed by atoms with E-state index in [4.69, 9.17) is 4.74 Å². The summed E-state index contributed by atoms with van der Waals surface area (Å²) in [5.74, 6) is 0.0692. The van der Waals surface area contributed by atoms with Crippen LogP contribution in [0.1, 0.15) is 13.8 Å². The normalized spacial score (nSPS) is 12.2. The lowest BCUT2D eigenvalue weighted by Crippen LogP contribution is -2.16. The summed E-state index contributed by atoms with van der Waals surface area (Å²) in [5.41, 5.74) is 0. The summed E-state index contributed by atoms with van der Waals surface area (Å²) in [5, 5.41) is 0. The first-order valence-corrected chi connectivity index (χ1v) is 6.17. The van der Waals surface area contributed by atoms with Crippen LogP contribution in [-0.2, 0) is 9.53 Å². The van der Waals surface area contributed by atoms with Crippen molar-refractivity contribution in [3.8, 4) is 0 Å². The van der Waals surface area contributed by atoms with E-state index in [1.54, 1.807) is 19.1 Å². The van der Waals surface area contributed by atoms with Crippen molar-refractivity contribution in [2.24, 2.45) is 5.92 Å². The van der Waals surface area contributed by atoms with E-state index in [0.717, 1.165) is 4.90 Å².